The first-order valence-electron chi connectivity index (χ1n) is 7.20. The van der Waals surface area contributed by atoms with Crippen molar-refractivity contribution in [2.45, 2.75) is 20.0 Å². The predicted octanol–water partition coefficient (Wildman–Crippen LogP) is 3.20. The number of hydrogen-bond acceptors (Lipinski definition) is 5. The second-order valence-corrected chi connectivity index (χ2v) is 5.14. The van der Waals surface area contributed by atoms with Crippen molar-refractivity contribution in [1.29, 1.82) is 0 Å². The van der Waals surface area contributed by atoms with Gasteiger partial charge in [-0.1, -0.05) is 18.2 Å². The van der Waals surface area contributed by atoms with Crippen molar-refractivity contribution in [3.05, 3.63) is 64.2 Å². The van der Waals surface area contributed by atoms with Gasteiger partial charge in [-0.05, 0) is 32.0 Å². The lowest BCUT2D eigenvalue weighted by atomic mass is 10.1. The Hall–Kier alpha value is -3.22. The molecule has 7 nitrogen and oxygen atoms in total. The van der Waals surface area contributed by atoms with E-state index in [1.807, 2.05) is 0 Å². The summed E-state index contributed by atoms with van der Waals surface area (Å²) in [6, 6.07) is 12.1. The van der Waals surface area contributed by atoms with Gasteiger partial charge in [-0.3, -0.25) is 19.7 Å². The molecule has 124 valence electrons. The van der Waals surface area contributed by atoms with E-state index >= 15 is 0 Å². The van der Waals surface area contributed by atoms with Crippen molar-refractivity contribution in [2.75, 3.05) is 5.32 Å². The minimum Gasteiger partial charge on any atom is -0.481 e. The Kier molecular flexibility index (Phi) is 5.26. The molecule has 0 aliphatic rings. The van der Waals surface area contributed by atoms with Crippen LogP contribution < -0.4 is 10.1 Å². The summed E-state index contributed by atoms with van der Waals surface area (Å²) in [5, 5.41) is 13.4. The van der Waals surface area contributed by atoms with E-state index in [4.69, 9.17) is 4.74 Å². The number of nitro groups is 1. The fraction of sp³-hybridized carbons (Fsp3) is 0.176. The molecule has 1 atom stereocenters. The quantitative estimate of drug-likeness (QED) is 0.499. The molecule has 0 heterocycles. The third-order valence-corrected chi connectivity index (χ3v) is 3.25. The number of non-ortho nitro benzene ring substituents is 1. The van der Waals surface area contributed by atoms with Gasteiger partial charge in [0.25, 0.3) is 11.6 Å². The number of hydrogen-bond donors (Lipinski definition) is 1. The molecule has 0 saturated heterocycles. The summed E-state index contributed by atoms with van der Waals surface area (Å²) in [5.74, 6) is -0.307. The number of anilines is 1. The molecule has 0 aliphatic carbocycles. The second-order valence-electron chi connectivity index (χ2n) is 5.14. The van der Waals surface area contributed by atoms with Crippen LogP contribution in [0.2, 0.25) is 0 Å². The molecule has 0 radical (unpaired) electrons. The summed E-state index contributed by atoms with van der Waals surface area (Å²) >= 11 is 0. The van der Waals surface area contributed by atoms with Crippen LogP contribution in [0.1, 0.15) is 24.2 Å². The molecule has 2 aromatic rings. The standard InChI is InChI=1S/C17H16N2O5/c1-11(20)13-5-3-6-14(9-13)18-17(21)12(2)24-16-8-4-7-15(10-16)19(22)23/h3-10,12H,1-2H3,(H,18,21)/t12-/m0/s1. The van der Waals surface area contributed by atoms with E-state index in [1.165, 1.54) is 38.1 Å². The van der Waals surface area contributed by atoms with E-state index < -0.39 is 16.9 Å². The highest BCUT2D eigenvalue weighted by molar-refractivity contribution is 5.98. The SMILES string of the molecule is CC(=O)c1cccc(NC(=O)[C@H](C)Oc2cccc([N+](=O)[O-])c2)c1. The summed E-state index contributed by atoms with van der Waals surface area (Å²) in [7, 11) is 0. The Morgan fingerprint density at radius 1 is 1.17 bits per heavy atom. The second kappa shape index (κ2) is 7.36. The van der Waals surface area contributed by atoms with Crippen molar-refractivity contribution in [3.8, 4) is 5.75 Å². The van der Waals surface area contributed by atoms with E-state index in [0.29, 0.717) is 11.3 Å². The largest absolute Gasteiger partial charge is 0.481 e. The van der Waals surface area contributed by atoms with Crippen LogP contribution in [0.3, 0.4) is 0 Å². The molecule has 0 fully saturated rings. The first-order chi connectivity index (χ1) is 11.4. The molecule has 0 spiro atoms. The zero-order valence-corrected chi connectivity index (χ0v) is 13.2. The third kappa shape index (κ3) is 4.39. The van der Waals surface area contributed by atoms with Gasteiger partial charge in [0.15, 0.2) is 11.9 Å². The van der Waals surface area contributed by atoms with Gasteiger partial charge in [0, 0.05) is 17.3 Å². The molecule has 0 aliphatic heterocycles. The lowest BCUT2D eigenvalue weighted by Gasteiger charge is -2.15. The lowest BCUT2D eigenvalue weighted by molar-refractivity contribution is -0.384. The topological polar surface area (TPSA) is 98.5 Å². The number of benzene rings is 2. The number of carbonyl (C=O) groups excluding carboxylic acids is 2. The normalized spacial score (nSPS) is 11.4. The number of nitro benzene ring substituents is 1. The summed E-state index contributed by atoms with van der Waals surface area (Å²) in [6.45, 7) is 2.97. The van der Waals surface area contributed by atoms with Gasteiger partial charge in [-0.15, -0.1) is 0 Å². The number of Topliss-reactive ketones (excluding diaryl/α,β-unsaturated/α-hetero) is 1. The number of nitrogens with one attached hydrogen (secondary N) is 1. The number of amides is 1. The van der Waals surface area contributed by atoms with E-state index in [-0.39, 0.29) is 17.2 Å². The van der Waals surface area contributed by atoms with Crippen molar-refractivity contribution < 1.29 is 19.2 Å². The van der Waals surface area contributed by atoms with Crippen LogP contribution in [0.15, 0.2) is 48.5 Å². The fourth-order valence-electron chi connectivity index (χ4n) is 1.99. The molecule has 1 amide bonds. The van der Waals surface area contributed by atoms with Gasteiger partial charge >= 0.3 is 0 Å². The third-order valence-electron chi connectivity index (χ3n) is 3.25. The molecule has 2 aromatic carbocycles. The molecule has 0 saturated carbocycles. The Labute approximate surface area is 138 Å². The highest BCUT2D eigenvalue weighted by atomic mass is 16.6. The number of ketones is 1. The predicted molar refractivity (Wildman–Crippen MR) is 88.3 cm³/mol. The molecule has 2 rings (SSSR count). The Bertz CT molecular complexity index is 788. The maximum absolute atomic E-state index is 12.2. The van der Waals surface area contributed by atoms with Crippen molar-refractivity contribution in [1.82, 2.24) is 0 Å². The maximum atomic E-state index is 12.2. The van der Waals surface area contributed by atoms with Gasteiger partial charge in [0.05, 0.1) is 11.0 Å². The van der Waals surface area contributed by atoms with Gasteiger partial charge in [-0.25, -0.2) is 0 Å². The first kappa shape index (κ1) is 17.1. The van der Waals surface area contributed by atoms with Crippen LogP contribution in [-0.2, 0) is 4.79 Å². The zero-order valence-electron chi connectivity index (χ0n) is 13.2. The molecule has 0 bridgehead atoms. The number of nitrogens with zero attached hydrogens (tertiary/aromatic N) is 1. The minimum absolute atomic E-state index is 0.105. The van der Waals surface area contributed by atoms with Crippen molar-refractivity contribution >= 4 is 23.1 Å². The Morgan fingerprint density at radius 2 is 1.88 bits per heavy atom. The van der Waals surface area contributed by atoms with Crippen LogP contribution in [0.5, 0.6) is 5.75 Å². The molecule has 1 N–H and O–H groups in total. The highest BCUT2D eigenvalue weighted by Crippen LogP contribution is 2.20. The molecule has 24 heavy (non-hydrogen) atoms. The molecular weight excluding hydrogens is 312 g/mol. The van der Waals surface area contributed by atoms with E-state index in [0.717, 1.165) is 0 Å². The zero-order chi connectivity index (χ0) is 17.7. The van der Waals surface area contributed by atoms with Crippen molar-refractivity contribution in [2.24, 2.45) is 0 Å². The monoisotopic (exact) mass is 328 g/mol. The number of ether oxygens (including phenoxy) is 1. The maximum Gasteiger partial charge on any atom is 0.273 e. The van der Waals surface area contributed by atoms with Gasteiger partial charge < -0.3 is 10.1 Å². The summed E-state index contributed by atoms with van der Waals surface area (Å²) < 4.78 is 5.43. The minimum atomic E-state index is -0.868. The average molecular weight is 328 g/mol. The highest BCUT2D eigenvalue weighted by Gasteiger charge is 2.16. The smallest absolute Gasteiger partial charge is 0.273 e. The van der Waals surface area contributed by atoms with Crippen LogP contribution in [-0.4, -0.2) is 22.7 Å². The van der Waals surface area contributed by atoms with Crippen LogP contribution in [0.4, 0.5) is 11.4 Å². The molecule has 0 aromatic heterocycles. The van der Waals surface area contributed by atoms with Crippen molar-refractivity contribution in [3.63, 3.8) is 0 Å². The first-order valence-corrected chi connectivity index (χ1v) is 7.20. The number of carbonyl (C=O) groups is 2. The van der Waals surface area contributed by atoms with Gasteiger partial charge in [0.2, 0.25) is 0 Å². The molecule has 0 unspecified atom stereocenters. The summed E-state index contributed by atoms with van der Waals surface area (Å²) in [6.07, 6.45) is -0.868. The van der Waals surface area contributed by atoms with E-state index in [2.05, 4.69) is 5.32 Å². The van der Waals surface area contributed by atoms with E-state index in [9.17, 15) is 19.7 Å². The van der Waals surface area contributed by atoms with Gasteiger partial charge in [0.1, 0.15) is 5.75 Å². The Balaban J connectivity index is 2.04. The fourth-order valence-corrected chi connectivity index (χ4v) is 1.99. The molecule has 7 heteroatoms. The average Bonchev–Trinajstić information content (AvgIpc) is 2.55. The van der Waals surface area contributed by atoms with E-state index in [1.54, 1.807) is 24.3 Å². The molecular formula is C17H16N2O5. The Morgan fingerprint density at radius 3 is 2.54 bits per heavy atom. The number of rotatable bonds is 6. The van der Waals surface area contributed by atoms with Crippen LogP contribution in [0, 0.1) is 10.1 Å². The summed E-state index contributed by atoms with van der Waals surface area (Å²) in [4.78, 5) is 33.7. The van der Waals surface area contributed by atoms with Gasteiger partial charge in [-0.2, -0.15) is 0 Å². The van der Waals surface area contributed by atoms with Crippen LogP contribution >= 0.6 is 0 Å². The summed E-state index contributed by atoms with van der Waals surface area (Å²) in [5.41, 5.74) is 0.844. The lowest BCUT2D eigenvalue weighted by Crippen LogP contribution is -2.30. The van der Waals surface area contributed by atoms with Crippen LogP contribution in [0.25, 0.3) is 0 Å².